The third kappa shape index (κ3) is 5.69. The molecule has 1 atom stereocenters. The summed E-state index contributed by atoms with van der Waals surface area (Å²) in [4.78, 5) is 43.6. The monoisotopic (exact) mass is 484 g/mol. The summed E-state index contributed by atoms with van der Waals surface area (Å²) in [5.74, 6) is 0.277. The lowest BCUT2D eigenvalue weighted by molar-refractivity contribution is -0.137. The van der Waals surface area contributed by atoms with Crippen LogP contribution in [-0.4, -0.2) is 80.4 Å². The molecule has 2 aliphatic rings. The van der Waals surface area contributed by atoms with Crippen LogP contribution in [0, 0.1) is 5.92 Å². The van der Waals surface area contributed by atoms with E-state index in [1.54, 1.807) is 60.5 Å². The van der Waals surface area contributed by atoms with Crippen LogP contribution in [0.25, 0.3) is 0 Å². The summed E-state index contributed by atoms with van der Waals surface area (Å²) in [7, 11) is 1.59. The van der Waals surface area contributed by atoms with Crippen molar-refractivity contribution in [2.24, 2.45) is 5.92 Å². The number of carbonyl (C=O) groups excluding carboxylic acids is 3. The predicted octanol–water partition coefficient (Wildman–Crippen LogP) is 2.28. The minimum absolute atomic E-state index is 0.0353. The van der Waals surface area contributed by atoms with Gasteiger partial charge in [-0.15, -0.1) is 0 Å². The number of anilines is 1. The highest BCUT2D eigenvalue weighted by Gasteiger charge is 2.37. The number of hydrogen-bond donors (Lipinski definition) is 1. The molecule has 1 N–H and O–H groups in total. The van der Waals surface area contributed by atoms with Crippen LogP contribution in [0.3, 0.4) is 0 Å². The van der Waals surface area contributed by atoms with Crippen LogP contribution in [-0.2, 0) is 9.59 Å². The molecule has 2 fully saturated rings. The first-order valence-electron chi connectivity index (χ1n) is 11.4. The molecule has 34 heavy (non-hydrogen) atoms. The van der Waals surface area contributed by atoms with E-state index in [-0.39, 0.29) is 30.1 Å². The lowest BCUT2D eigenvalue weighted by Crippen LogP contribution is -2.51. The molecular formula is C25H29ClN4O4. The van der Waals surface area contributed by atoms with E-state index in [1.165, 1.54) is 0 Å². The molecule has 0 aromatic heterocycles. The number of ether oxygens (including phenoxy) is 1. The third-order valence-electron chi connectivity index (χ3n) is 6.36. The Kier molecular flexibility index (Phi) is 7.70. The minimum atomic E-state index is -0.321. The largest absolute Gasteiger partial charge is 0.497 e. The van der Waals surface area contributed by atoms with Crippen molar-refractivity contribution >= 4 is 35.0 Å². The molecule has 2 saturated heterocycles. The number of carbonyl (C=O) groups is 3. The average Bonchev–Trinajstić information content (AvgIpc) is 3.26. The number of nitrogens with one attached hydrogen (secondary N) is 1. The van der Waals surface area contributed by atoms with Crippen molar-refractivity contribution in [2.45, 2.75) is 6.42 Å². The second-order valence-electron chi connectivity index (χ2n) is 8.53. The normalized spacial score (nSPS) is 18.8. The molecule has 1 unspecified atom stereocenters. The quantitative estimate of drug-likeness (QED) is 0.652. The van der Waals surface area contributed by atoms with Gasteiger partial charge in [0.05, 0.1) is 13.0 Å². The summed E-state index contributed by atoms with van der Waals surface area (Å²) >= 11 is 5.94. The number of benzene rings is 2. The number of nitrogens with zero attached hydrogens (tertiary/aromatic N) is 3. The Morgan fingerprint density at radius 2 is 1.71 bits per heavy atom. The van der Waals surface area contributed by atoms with E-state index in [0.717, 1.165) is 25.3 Å². The van der Waals surface area contributed by atoms with E-state index in [9.17, 15) is 14.4 Å². The molecule has 0 saturated carbocycles. The summed E-state index contributed by atoms with van der Waals surface area (Å²) < 4.78 is 5.11. The topological polar surface area (TPSA) is 82.2 Å². The zero-order valence-electron chi connectivity index (χ0n) is 19.2. The smallest absolute Gasteiger partial charge is 0.251 e. The number of hydrogen-bond acceptors (Lipinski definition) is 5. The zero-order valence-corrected chi connectivity index (χ0v) is 20.0. The van der Waals surface area contributed by atoms with Gasteiger partial charge in [-0.2, -0.15) is 0 Å². The van der Waals surface area contributed by atoms with Crippen LogP contribution in [0.5, 0.6) is 5.75 Å². The zero-order chi connectivity index (χ0) is 24.1. The third-order valence-corrected chi connectivity index (χ3v) is 6.61. The molecule has 0 aliphatic carbocycles. The van der Waals surface area contributed by atoms with Gasteiger partial charge in [0.25, 0.3) is 5.91 Å². The van der Waals surface area contributed by atoms with Crippen molar-refractivity contribution in [1.29, 1.82) is 0 Å². The van der Waals surface area contributed by atoms with Crippen LogP contribution >= 0.6 is 11.6 Å². The first-order valence-corrected chi connectivity index (χ1v) is 11.8. The first-order chi connectivity index (χ1) is 16.4. The number of amides is 3. The standard InChI is InChI=1S/C25H29ClN4O4/c1-34-22-8-2-18(3-9-22)24(32)27-10-11-28-12-14-29(15-13-28)25(33)19-16-23(31)30(17-19)21-6-4-20(26)5-7-21/h2-9,19H,10-17H2,1H3,(H,27,32). The Balaban J connectivity index is 1.20. The molecule has 2 heterocycles. The minimum Gasteiger partial charge on any atom is -0.497 e. The van der Waals surface area contributed by atoms with Crippen LogP contribution in [0.15, 0.2) is 48.5 Å². The summed E-state index contributed by atoms with van der Waals surface area (Å²) in [6.07, 6.45) is 0.235. The molecular weight excluding hydrogens is 456 g/mol. The number of methoxy groups -OCH3 is 1. The fourth-order valence-electron chi connectivity index (χ4n) is 4.37. The second-order valence-corrected chi connectivity index (χ2v) is 8.97. The molecule has 0 spiro atoms. The molecule has 0 radical (unpaired) electrons. The number of rotatable bonds is 7. The van der Waals surface area contributed by atoms with E-state index in [4.69, 9.17) is 16.3 Å². The van der Waals surface area contributed by atoms with Gasteiger partial charge in [0.15, 0.2) is 0 Å². The van der Waals surface area contributed by atoms with Crippen molar-refractivity contribution in [2.75, 3.05) is 57.8 Å². The lowest BCUT2D eigenvalue weighted by Gasteiger charge is -2.35. The molecule has 2 aromatic carbocycles. The highest BCUT2D eigenvalue weighted by atomic mass is 35.5. The van der Waals surface area contributed by atoms with Gasteiger partial charge in [-0.1, -0.05) is 11.6 Å². The molecule has 4 rings (SSSR count). The number of piperazine rings is 1. The molecule has 2 aromatic rings. The van der Waals surface area contributed by atoms with Crippen molar-refractivity contribution < 1.29 is 19.1 Å². The summed E-state index contributed by atoms with van der Waals surface area (Å²) in [6.45, 7) is 4.38. The molecule has 8 nitrogen and oxygen atoms in total. The van der Waals surface area contributed by atoms with E-state index < -0.39 is 0 Å². The molecule has 3 amide bonds. The second kappa shape index (κ2) is 10.9. The molecule has 9 heteroatoms. The van der Waals surface area contributed by atoms with Gasteiger partial charge in [-0.25, -0.2) is 0 Å². The van der Waals surface area contributed by atoms with Crippen molar-refractivity contribution in [3.63, 3.8) is 0 Å². The number of halogens is 1. The van der Waals surface area contributed by atoms with Crippen LogP contribution in [0.2, 0.25) is 5.02 Å². The SMILES string of the molecule is COc1ccc(C(=O)NCCN2CCN(C(=O)C3CC(=O)N(c4ccc(Cl)cc4)C3)CC2)cc1. The summed E-state index contributed by atoms with van der Waals surface area (Å²) in [5, 5.41) is 3.55. The van der Waals surface area contributed by atoms with Crippen molar-refractivity contribution in [3.05, 3.63) is 59.1 Å². The van der Waals surface area contributed by atoms with Gasteiger partial charge in [-0.05, 0) is 48.5 Å². The van der Waals surface area contributed by atoms with Gasteiger partial charge in [-0.3, -0.25) is 19.3 Å². The first kappa shape index (κ1) is 24.0. The Morgan fingerprint density at radius 3 is 2.35 bits per heavy atom. The fraction of sp³-hybridized carbons (Fsp3) is 0.400. The van der Waals surface area contributed by atoms with E-state index in [1.807, 2.05) is 4.90 Å². The summed E-state index contributed by atoms with van der Waals surface area (Å²) in [5.41, 5.74) is 1.36. The molecule has 0 bridgehead atoms. The lowest BCUT2D eigenvalue weighted by atomic mass is 10.1. The van der Waals surface area contributed by atoms with E-state index in [2.05, 4.69) is 10.2 Å². The Hall–Kier alpha value is -3.10. The van der Waals surface area contributed by atoms with E-state index in [0.29, 0.717) is 42.5 Å². The van der Waals surface area contributed by atoms with Gasteiger partial charge in [0.2, 0.25) is 11.8 Å². The highest BCUT2D eigenvalue weighted by molar-refractivity contribution is 6.30. The van der Waals surface area contributed by atoms with Gasteiger partial charge in [0, 0.05) is 68.5 Å². The van der Waals surface area contributed by atoms with Gasteiger partial charge in [0.1, 0.15) is 5.75 Å². The maximum Gasteiger partial charge on any atom is 0.251 e. The van der Waals surface area contributed by atoms with Gasteiger partial charge < -0.3 is 19.9 Å². The Labute approximate surface area is 204 Å². The van der Waals surface area contributed by atoms with Crippen LogP contribution in [0.4, 0.5) is 5.69 Å². The van der Waals surface area contributed by atoms with Crippen molar-refractivity contribution in [3.8, 4) is 5.75 Å². The Morgan fingerprint density at radius 1 is 1.03 bits per heavy atom. The maximum atomic E-state index is 13.0. The maximum absolute atomic E-state index is 13.0. The fourth-order valence-corrected chi connectivity index (χ4v) is 4.49. The average molecular weight is 485 g/mol. The molecule has 2 aliphatic heterocycles. The summed E-state index contributed by atoms with van der Waals surface area (Å²) in [6, 6.07) is 14.1. The van der Waals surface area contributed by atoms with E-state index >= 15 is 0 Å². The van der Waals surface area contributed by atoms with Crippen LogP contribution in [0.1, 0.15) is 16.8 Å². The Bertz CT molecular complexity index is 1020. The van der Waals surface area contributed by atoms with Gasteiger partial charge >= 0.3 is 0 Å². The molecule has 180 valence electrons. The van der Waals surface area contributed by atoms with Crippen LogP contribution < -0.4 is 15.0 Å². The predicted molar refractivity (Wildman–Crippen MR) is 130 cm³/mol. The van der Waals surface area contributed by atoms with Crippen molar-refractivity contribution in [1.82, 2.24) is 15.1 Å². The highest BCUT2D eigenvalue weighted by Crippen LogP contribution is 2.27.